The van der Waals surface area contributed by atoms with E-state index in [1.807, 2.05) is 0 Å². The van der Waals surface area contributed by atoms with Crippen LogP contribution in [0.3, 0.4) is 0 Å². The van der Waals surface area contributed by atoms with Gasteiger partial charge in [-0.15, -0.1) is 0 Å². The molecule has 9 heteroatoms. The van der Waals surface area contributed by atoms with Gasteiger partial charge in [-0.25, -0.2) is 9.18 Å². The van der Waals surface area contributed by atoms with Crippen LogP contribution in [0.5, 0.6) is 0 Å². The minimum atomic E-state index is -5.27. The molecule has 0 spiro atoms. The standard InChI is InChI=1S/C11H8ClF4NO3/c1-10(9(19)20,11(14,15)16)17-8(18)7-5(12)3-2-4-6(7)13/h2-4H,1H3,(H,17,18)(H,19,20). The van der Waals surface area contributed by atoms with Crippen molar-refractivity contribution in [2.75, 3.05) is 0 Å². The van der Waals surface area contributed by atoms with Crippen LogP contribution in [0.4, 0.5) is 17.6 Å². The largest absolute Gasteiger partial charge is 0.479 e. The van der Waals surface area contributed by atoms with E-state index >= 15 is 0 Å². The summed E-state index contributed by atoms with van der Waals surface area (Å²) in [5, 5.41) is 9.45. The van der Waals surface area contributed by atoms with Gasteiger partial charge in [-0.2, -0.15) is 13.2 Å². The zero-order chi connectivity index (χ0) is 15.7. The van der Waals surface area contributed by atoms with Crippen LogP contribution in [-0.4, -0.2) is 28.7 Å². The van der Waals surface area contributed by atoms with Gasteiger partial charge in [0.2, 0.25) is 5.54 Å². The molecule has 0 aliphatic carbocycles. The molecular weight excluding hydrogens is 306 g/mol. The van der Waals surface area contributed by atoms with Crippen molar-refractivity contribution in [2.24, 2.45) is 0 Å². The van der Waals surface area contributed by atoms with Gasteiger partial charge in [-0.3, -0.25) is 4.79 Å². The third-order valence-electron chi connectivity index (χ3n) is 2.55. The molecule has 0 aliphatic rings. The van der Waals surface area contributed by atoms with Crippen LogP contribution in [0.1, 0.15) is 17.3 Å². The molecule has 0 heterocycles. The average molecular weight is 314 g/mol. The molecule has 0 bridgehead atoms. The SMILES string of the molecule is CC(NC(=O)c1c(F)cccc1Cl)(C(=O)O)C(F)(F)F. The number of carbonyl (C=O) groups is 2. The van der Waals surface area contributed by atoms with Gasteiger partial charge < -0.3 is 10.4 Å². The number of carboxylic acids is 1. The monoisotopic (exact) mass is 313 g/mol. The van der Waals surface area contributed by atoms with Crippen LogP contribution in [0.25, 0.3) is 0 Å². The summed E-state index contributed by atoms with van der Waals surface area (Å²) in [7, 11) is 0. The Kier molecular flexibility index (Phi) is 4.28. The maximum absolute atomic E-state index is 13.4. The summed E-state index contributed by atoms with van der Waals surface area (Å²) in [6.07, 6.45) is -5.27. The van der Waals surface area contributed by atoms with Crippen molar-refractivity contribution in [1.82, 2.24) is 5.32 Å². The first kappa shape index (κ1) is 16.2. The minimum absolute atomic E-state index is 0.252. The average Bonchev–Trinajstić information content (AvgIpc) is 2.26. The predicted octanol–water partition coefficient (Wildman–Crippen LogP) is 2.61. The Morgan fingerprint density at radius 1 is 1.30 bits per heavy atom. The quantitative estimate of drug-likeness (QED) is 0.843. The number of hydrogen-bond donors (Lipinski definition) is 2. The lowest BCUT2D eigenvalue weighted by molar-refractivity contribution is -0.203. The first-order valence-electron chi connectivity index (χ1n) is 5.07. The normalized spacial score (nSPS) is 14.5. The summed E-state index contributed by atoms with van der Waals surface area (Å²) in [5.41, 5.74) is -4.42. The molecule has 0 saturated heterocycles. The van der Waals surface area contributed by atoms with Gasteiger partial charge in [0.05, 0.1) is 10.6 Å². The summed E-state index contributed by atoms with van der Waals surface area (Å²) in [4.78, 5) is 22.4. The van der Waals surface area contributed by atoms with Gasteiger partial charge in [0.25, 0.3) is 5.91 Å². The van der Waals surface area contributed by atoms with Crippen LogP contribution in [-0.2, 0) is 4.79 Å². The van der Waals surface area contributed by atoms with Crippen molar-refractivity contribution in [3.63, 3.8) is 0 Å². The number of carboxylic acid groups (broad SMARTS) is 1. The molecule has 2 N–H and O–H groups in total. The highest BCUT2D eigenvalue weighted by Gasteiger charge is 2.58. The highest BCUT2D eigenvalue weighted by molar-refractivity contribution is 6.33. The van der Waals surface area contributed by atoms with Crippen LogP contribution < -0.4 is 5.32 Å². The van der Waals surface area contributed by atoms with Gasteiger partial charge in [0.15, 0.2) is 0 Å². The molecule has 110 valence electrons. The zero-order valence-corrected chi connectivity index (χ0v) is 10.6. The minimum Gasteiger partial charge on any atom is -0.479 e. The molecule has 1 aromatic carbocycles. The fourth-order valence-electron chi connectivity index (χ4n) is 1.25. The molecule has 1 rings (SSSR count). The fraction of sp³-hybridized carbons (Fsp3) is 0.273. The van der Waals surface area contributed by atoms with E-state index in [-0.39, 0.29) is 6.92 Å². The van der Waals surface area contributed by atoms with E-state index in [1.165, 1.54) is 5.32 Å². The highest BCUT2D eigenvalue weighted by atomic mass is 35.5. The topological polar surface area (TPSA) is 66.4 Å². The number of alkyl halides is 3. The van der Waals surface area contributed by atoms with Crippen LogP contribution in [0, 0.1) is 5.82 Å². The third-order valence-corrected chi connectivity index (χ3v) is 2.86. The second kappa shape index (κ2) is 5.28. The molecule has 4 nitrogen and oxygen atoms in total. The predicted molar refractivity (Wildman–Crippen MR) is 61.0 cm³/mol. The lowest BCUT2D eigenvalue weighted by Gasteiger charge is -2.28. The molecule has 1 atom stereocenters. The van der Waals surface area contributed by atoms with Gasteiger partial charge in [-0.05, 0) is 19.1 Å². The van der Waals surface area contributed by atoms with Gasteiger partial charge in [0, 0.05) is 0 Å². The summed E-state index contributed by atoms with van der Waals surface area (Å²) in [6, 6.07) is 3.05. The Morgan fingerprint density at radius 3 is 2.25 bits per heavy atom. The van der Waals surface area contributed by atoms with E-state index in [4.69, 9.17) is 16.7 Å². The molecule has 0 aliphatic heterocycles. The van der Waals surface area contributed by atoms with Crippen LogP contribution >= 0.6 is 11.6 Å². The first-order chi connectivity index (χ1) is 9.00. The molecule has 0 saturated carbocycles. The molecule has 1 amide bonds. The summed E-state index contributed by atoms with van der Waals surface area (Å²) < 4.78 is 51.5. The lowest BCUT2D eigenvalue weighted by atomic mass is 10.0. The van der Waals surface area contributed by atoms with Gasteiger partial charge in [-0.1, -0.05) is 17.7 Å². The summed E-state index contributed by atoms with van der Waals surface area (Å²) in [6.45, 7) is 0.252. The number of halogens is 5. The summed E-state index contributed by atoms with van der Waals surface area (Å²) >= 11 is 5.52. The van der Waals surface area contributed by atoms with Crippen molar-refractivity contribution in [3.05, 3.63) is 34.6 Å². The number of rotatable bonds is 3. The van der Waals surface area contributed by atoms with Crippen molar-refractivity contribution >= 4 is 23.5 Å². The molecular formula is C11H8ClF4NO3. The Hall–Kier alpha value is -1.83. The summed E-state index contributed by atoms with van der Waals surface area (Å²) in [5.74, 6) is -5.06. The van der Waals surface area contributed by atoms with Crippen LogP contribution in [0.2, 0.25) is 5.02 Å². The molecule has 0 fully saturated rings. The maximum Gasteiger partial charge on any atom is 0.422 e. The maximum atomic E-state index is 13.4. The molecule has 0 aromatic heterocycles. The number of aliphatic carboxylic acids is 1. The van der Waals surface area contributed by atoms with E-state index in [0.717, 1.165) is 18.2 Å². The van der Waals surface area contributed by atoms with E-state index in [2.05, 4.69) is 0 Å². The Balaban J connectivity index is 3.20. The number of hydrogen-bond acceptors (Lipinski definition) is 2. The van der Waals surface area contributed by atoms with E-state index < -0.39 is 40.0 Å². The Labute approximate surface area is 115 Å². The highest BCUT2D eigenvalue weighted by Crippen LogP contribution is 2.31. The first-order valence-corrected chi connectivity index (χ1v) is 5.45. The smallest absolute Gasteiger partial charge is 0.422 e. The van der Waals surface area contributed by atoms with E-state index in [1.54, 1.807) is 0 Å². The second-order valence-electron chi connectivity index (χ2n) is 3.98. The molecule has 1 unspecified atom stereocenters. The van der Waals surface area contributed by atoms with Crippen LogP contribution in [0.15, 0.2) is 18.2 Å². The number of amides is 1. The third kappa shape index (κ3) is 2.84. The number of nitrogens with one attached hydrogen (secondary N) is 1. The van der Waals surface area contributed by atoms with E-state index in [9.17, 15) is 27.2 Å². The number of benzene rings is 1. The molecule has 20 heavy (non-hydrogen) atoms. The van der Waals surface area contributed by atoms with Crippen molar-refractivity contribution in [3.8, 4) is 0 Å². The van der Waals surface area contributed by atoms with Crippen molar-refractivity contribution in [1.29, 1.82) is 0 Å². The Bertz CT molecular complexity index is 541. The van der Waals surface area contributed by atoms with Gasteiger partial charge >= 0.3 is 12.1 Å². The van der Waals surface area contributed by atoms with Crippen molar-refractivity contribution < 1.29 is 32.3 Å². The van der Waals surface area contributed by atoms with Crippen molar-refractivity contribution in [2.45, 2.75) is 18.6 Å². The molecule has 1 aromatic rings. The lowest BCUT2D eigenvalue weighted by Crippen LogP contribution is -2.62. The second-order valence-corrected chi connectivity index (χ2v) is 4.39. The molecule has 0 radical (unpaired) electrons. The van der Waals surface area contributed by atoms with E-state index in [0.29, 0.717) is 0 Å². The number of carbonyl (C=O) groups excluding carboxylic acids is 1. The fourth-order valence-corrected chi connectivity index (χ4v) is 1.50. The van der Waals surface area contributed by atoms with Gasteiger partial charge in [0.1, 0.15) is 5.82 Å². The zero-order valence-electron chi connectivity index (χ0n) is 9.89. The Morgan fingerprint density at radius 2 is 1.85 bits per heavy atom.